The third-order valence-electron chi connectivity index (χ3n) is 4.40. The van der Waals surface area contributed by atoms with Crippen molar-refractivity contribution in [2.24, 2.45) is 0 Å². The van der Waals surface area contributed by atoms with E-state index in [4.69, 9.17) is 16.0 Å². The zero-order chi connectivity index (χ0) is 20.8. The second kappa shape index (κ2) is 8.83. The zero-order valence-electron chi connectivity index (χ0n) is 16.2. The molecule has 3 rings (SSSR count). The number of nitrogen functional groups attached to an aromatic ring is 1. The van der Waals surface area contributed by atoms with Gasteiger partial charge in [0.2, 0.25) is 12.4 Å². The van der Waals surface area contributed by atoms with Crippen molar-refractivity contribution < 1.29 is 14.4 Å². The highest BCUT2D eigenvalue weighted by molar-refractivity contribution is 6.13. The Morgan fingerprint density at radius 1 is 1.21 bits per heavy atom. The van der Waals surface area contributed by atoms with Crippen molar-refractivity contribution in [1.82, 2.24) is 10.3 Å². The van der Waals surface area contributed by atoms with E-state index in [1.165, 1.54) is 17.0 Å². The molecule has 0 saturated carbocycles. The second-order valence-electron chi connectivity index (χ2n) is 6.39. The number of anilines is 2. The summed E-state index contributed by atoms with van der Waals surface area (Å²) in [7, 11) is 1.55. The summed E-state index contributed by atoms with van der Waals surface area (Å²) in [6, 6.07) is 14.1. The Hall–Kier alpha value is -3.94. The molecule has 8 nitrogen and oxygen atoms in total. The number of rotatable bonds is 6. The van der Waals surface area contributed by atoms with E-state index in [1.807, 2.05) is 37.3 Å². The number of carbonyl (C=O) groups excluding carboxylic acids is 1. The highest BCUT2D eigenvalue weighted by Crippen LogP contribution is 2.19. The number of benzene rings is 1. The number of hydrogen-bond acceptors (Lipinski definition) is 5. The minimum atomic E-state index is -0.386. The van der Waals surface area contributed by atoms with E-state index >= 15 is 0 Å². The normalized spacial score (nSPS) is 11.4. The first-order chi connectivity index (χ1) is 14.0. The summed E-state index contributed by atoms with van der Waals surface area (Å²) in [6.45, 7) is 1.90. The van der Waals surface area contributed by atoms with E-state index in [1.54, 1.807) is 31.6 Å². The van der Waals surface area contributed by atoms with Crippen LogP contribution in [-0.2, 0) is 0 Å². The number of hydrogen-bond donors (Lipinski definition) is 4. The van der Waals surface area contributed by atoms with E-state index < -0.39 is 0 Å². The molecule has 3 aromatic rings. The van der Waals surface area contributed by atoms with Crippen LogP contribution in [-0.4, -0.2) is 23.8 Å². The van der Waals surface area contributed by atoms with Crippen molar-refractivity contribution >= 4 is 23.2 Å². The lowest BCUT2D eigenvalue weighted by atomic mass is 10.0. The molecule has 5 N–H and O–H groups in total. The molecule has 8 heteroatoms. The van der Waals surface area contributed by atoms with Crippen LogP contribution in [0, 0.1) is 5.41 Å². The summed E-state index contributed by atoms with van der Waals surface area (Å²) in [5.74, 6) is 0.307. The number of amides is 2. The number of carbonyl (C=O) groups is 1. The molecular weight excluding hydrogens is 368 g/mol. The van der Waals surface area contributed by atoms with Gasteiger partial charge in [0.05, 0.1) is 11.8 Å². The number of nitrogens with two attached hydrogens (primary N) is 1. The van der Waals surface area contributed by atoms with Gasteiger partial charge in [0.15, 0.2) is 0 Å². The Kier molecular flexibility index (Phi) is 6.03. The fourth-order valence-electron chi connectivity index (χ4n) is 2.78. The molecule has 2 heterocycles. The standard InChI is InChI=1S/C21H22N6O2/c1-14(15-6-4-3-5-7-15)25-21(28)26-19-12-18(22)17(13-24-19)20(23)16-8-10-27(29-2)11-9-16/h3-14H,1-2H3,(H4-,22,23,24,25,26,28)/p+1. The van der Waals surface area contributed by atoms with Crippen LogP contribution >= 0.6 is 0 Å². The van der Waals surface area contributed by atoms with E-state index in [9.17, 15) is 4.79 Å². The lowest BCUT2D eigenvalue weighted by Gasteiger charge is -2.15. The van der Waals surface area contributed by atoms with Gasteiger partial charge in [-0.15, -0.1) is 0 Å². The predicted octanol–water partition coefficient (Wildman–Crippen LogP) is 2.31. The lowest BCUT2D eigenvalue weighted by molar-refractivity contribution is -0.885. The molecule has 148 valence electrons. The Morgan fingerprint density at radius 3 is 2.52 bits per heavy atom. The summed E-state index contributed by atoms with van der Waals surface area (Å²) in [6.07, 6.45) is 4.87. The summed E-state index contributed by atoms with van der Waals surface area (Å²) < 4.78 is 1.51. The molecule has 0 spiro atoms. The van der Waals surface area contributed by atoms with Gasteiger partial charge in [0, 0.05) is 45.9 Å². The van der Waals surface area contributed by atoms with Crippen LogP contribution < -0.4 is 25.9 Å². The Labute approximate surface area is 168 Å². The highest BCUT2D eigenvalue weighted by atomic mass is 16.6. The minimum Gasteiger partial charge on any atom is -0.398 e. The third-order valence-corrected chi connectivity index (χ3v) is 4.40. The van der Waals surface area contributed by atoms with E-state index in [2.05, 4.69) is 15.6 Å². The van der Waals surface area contributed by atoms with Crippen molar-refractivity contribution in [3.05, 3.63) is 83.8 Å². The van der Waals surface area contributed by atoms with Gasteiger partial charge in [0.25, 0.3) is 0 Å². The smallest absolute Gasteiger partial charge is 0.320 e. The van der Waals surface area contributed by atoms with Crippen LogP contribution in [0.2, 0.25) is 0 Å². The van der Waals surface area contributed by atoms with Crippen molar-refractivity contribution in [3.63, 3.8) is 0 Å². The molecule has 0 radical (unpaired) electrons. The van der Waals surface area contributed by atoms with Crippen molar-refractivity contribution in [1.29, 1.82) is 5.41 Å². The zero-order valence-corrected chi connectivity index (χ0v) is 16.2. The molecule has 2 amide bonds. The first-order valence-electron chi connectivity index (χ1n) is 9.01. The summed E-state index contributed by atoms with van der Waals surface area (Å²) in [4.78, 5) is 21.5. The molecule has 0 fully saturated rings. The molecule has 0 saturated heterocycles. The molecular formula is C21H23N6O2+. The van der Waals surface area contributed by atoms with Crippen LogP contribution in [0.1, 0.15) is 29.7 Å². The van der Waals surface area contributed by atoms with Gasteiger partial charge in [-0.1, -0.05) is 30.3 Å². The maximum Gasteiger partial charge on any atom is 0.320 e. The molecule has 29 heavy (non-hydrogen) atoms. The Morgan fingerprint density at radius 2 is 1.90 bits per heavy atom. The van der Waals surface area contributed by atoms with E-state index in [0.29, 0.717) is 22.6 Å². The highest BCUT2D eigenvalue weighted by Gasteiger charge is 2.14. The Balaban J connectivity index is 1.67. The molecule has 1 atom stereocenters. The van der Waals surface area contributed by atoms with Gasteiger partial charge in [-0.2, -0.15) is 0 Å². The fraction of sp³-hybridized carbons (Fsp3) is 0.143. The first-order valence-corrected chi connectivity index (χ1v) is 9.01. The SMILES string of the molecule is CO[n+]1ccc(C(=N)c2cnc(NC(=O)NC(C)c3ccccc3)cc2N)cc1. The van der Waals surface area contributed by atoms with Crippen LogP contribution in [0.15, 0.2) is 67.1 Å². The second-order valence-corrected chi connectivity index (χ2v) is 6.39. The largest absolute Gasteiger partial charge is 0.398 e. The monoisotopic (exact) mass is 391 g/mol. The molecule has 0 bridgehead atoms. The Bertz CT molecular complexity index is 1010. The van der Waals surface area contributed by atoms with Crippen LogP contribution in [0.5, 0.6) is 0 Å². The van der Waals surface area contributed by atoms with Crippen molar-refractivity contribution in [2.45, 2.75) is 13.0 Å². The van der Waals surface area contributed by atoms with Crippen molar-refractivity contribution in [3.8, 4) is 0 Å². The summed E-state index contributed by atoms with van der Waals surface area (Å²) in [5, 5.41) is 13.9. The summed E-state index contributed by atoms with van der Waals surface area (Å²) in [5.41, 5.74) is 8.82. The molecule has 0 aliphatic heterocycles. The first kappa shape index (κ1) is 19.8. The number of nitrogens with one attached hydrogen (secondary N) is 3. The average molecular weight is 391 g/mol. The van der Waals surface area contributed by atoms with Gasteiger partial charge in [-0.3, -0.25) is 15.6 Å². The topological polar surface area (TPSA) is 117 Å². The number of nitrogens with zero attached hydrogens (tertiary/aromatic N) is 2. The van der Waals surface area contributed by atoms with Gasteiger partial charge in [0.1, 0.15) is 12.9 Å². The van der Waals surface area contributed by atoms with E-state index in [0.717, 1.165) is 5.56 Å². The fourth-order valence-corrected chi connectivity index (χ4v) is 2.78. The summed E-state index contributed by atoms with van der Waals surface area (Å²) >= 11 is 0. The van der Waals surface area contributed by atoms with E-state index in [-0.39, 0.29) is 17.8 Å². The number of aromatic nitrogens is 2. The van der Waals surface area contributed by atoms with Crippen LogP contribution in [0.3, 0.4) is 0 Å². The molecule has 1 aromatic carbocycles. The minimum absolute atomic E-state index is 0.158. The van der Waals surface area contributed by atoms with Gasteiger partial charge >= 0.3 is 6.03 Å². The van der Waals surface area contributed by atoms with Crippen LogP contribution in [0.4, 0.5) is 16.3 Å². The van der Waals surface area contributed by atoms with Gasteiger partial charge in [-0.05, 0) is 12.5 Å². The predicted molar refractivity (Wildman–Crippen MR) is 111 cm³/mol. The van der Waals surface area contributed by atoms with Crippen LogP contribution in [0.25, 0.3) is 0 Å². The quantitative estimate of drug-likeness (QED) is 0.381. The third kappa shape index (κ3) is 4.86. The number of urea groups is 1. The maximum atomic E-state index is 12.2. The van der Waals surface area contributed by atoms with Gasteiger partial charge in [-0.25, -0.2) is 9.78 Å². The average Bonchev–Trinajstić information content (AvgIpc) is 2.74. The molecule has 0 aliphatic rings. The lowest BCUT2D eigenvalue weighted by Crippen LogP contribution is -2.39. The molecule has 1 unspecified atom stereocenters. The van der Waals surface area contributed by atoms with Gasteiger partial charge < -0.3 is 11.1 Å². The maximum absolute atomic E-state index is 12.2. The molecule has 2 aromatic heterocycles. The number of pyridine rings is 2. The van der Waals surface area contributed by atoms with Crippen molar-refractivity contribution in [2.75, 3.05) is 18.2 Å². The molecule has 0 aliphatic carbocycles.